The fourth-order valence-electron chi connectivity index (χ4n) is 3.99. The van der Waals surface area contributed by atoms with Crippen LogP contribution in [0.2, 0.25) is 0 Å². The number of anilines is 2. The fourth-order valence-corrected chi connectivity index (χ4v) is 3.99. The first-order valence-electron chi connectivity index (χ1n) is 11.0. The maximum atomic E-state index is 13.0. The number of nitrogens with one attached hydrogen (secondary N) is 1. The zero-order valence-electron chi connectivity index (χ0n) is 19.2. The Morgan fingerprint density at radius 2 is 1.80 bits per heavy atom. The van der Waals surface area contributed by atoms with Crippen molar-refractivity contribution >= 4 is 52.0 Å². The minimum Gasteiger partial charge on any atom is -0.354 e. The SMILES string of the molecule is [B]C([B])([B])N1CCN(c2cc(C(=O)Nc3cc4cc(-c5cn(C)nn5)ccc4nn3)ccn2)CC1. The van der Waals surface area contributed by atoms with Crippen LogP contribution in [0.1, 0.15) is 10.4 Å². The standard InChI is InChI=1S/C22H20B3N9O/c1-32-13-18(29-31-32)14-2-3-17-16(10-14)11-19(30-28-17)27-21(35)15-4-5-26-20(12-15)33-6-8-34(9-7-33)22(23,24)25/h2-5,10-13H,6-9H2,1H3,(H,27,30,35). The van der Waals surface area contributed by atoms with E-state index in [0.717, 1.165) is 16.6 Å². The first-order chi connectivity index (χ1) is 16.8. The number of nitrogens with zero attached hydrogens (tertiary/aromatic N) is 8. The number of pyridine rings is 1. The van der Waals surface area contributed by atoms with Gasteiger partial charge in [0.1, 0.15) is 11.5 Å². The molecule has 5 rings (SSSR count). The Morgan fingerprint density at radius 3 is 2.51 bits per heavy atom. The lowest BCUT2D eigenvalue weighted by molar-refractivity contribution is 0.102. The molecule has 4 aromatic rings. The van der Waals surface area contributed by atoms with Crippen molar-refractivity contribution in [2.75, 3.05) is 36.4 Å². The van der Waals surface area contributed by atoms with Gasteiger partial charge in [-0.3, -0.25) is 9.48 Å². The van der Waals surface area contributed by atoms with E-state index >= 15 is 0 Å². The van der Waals surface area contributed by atoms with E-state index in [9.17, 15) is 4.79 Å². The third-order valence-corrected chi connectivity index (χ3v) is 5.88. The van der Waals surface area contributed by atoms with E-state index in [2.05, 4.69) is 35.7 Å². The predicted molar refractivity (Wildman–Crippen MR) is 136 cm³/mol. The van der Waals surface area contributed by atoms with Crippen LogP contribution in [0.25, 0.3) is 22.2 Å². The van der Waals surface area contributed by atoms with Crippen LogP contribution in [0.15, 0.2) is 48.8 Å². The topological polar surface area (TPSA) is 105 Å². The average Bonchev–Trinajstić information content (AvgIpc) is 3.29. The third-order valence-electron chi connectivity index (χ3n) is 5.88. The number of hydrogen-bond donors (Lipinski definition) is 1. The van der Waals surface area contributed by atoms with Gasteiger partial charge in [-0.1, -0.05) is 16.5 Å². The molecule has 3 aromatic heterocycles. The Morgan fingerprint density at radius 1 is 1.00 bits per heavy atom. The Kier molecular flexibility index (Phi) is 6.02. The lowest BCUT2D eigenvalue weighted by atomic mass is 9.48. The van der Waals surface area contributed by atoms with Crippen molar-refractivity contribution < 1.29 is 4.79 Å². The van der Waals surface area contributed by atoms with Crippen LogP contribution in [-0.4, -0.2) is 95.9 Å². The second-order valence-corrected chi connectivity index (χ2v) is 8.50. The van der Waals surface area contributed by atoms with Crippen molar-refractivity contribution in [3.63, 3.8) is 0 Å². The van der Waals surface area contributed by atoms with Crippen LogP contribution >= 0.6 is 0 Å². The van der Waals surface area contributed by atoms with E-state index in [4.69, 9.17) is 23.5 Å². The molecule has 1 amide bonds. The molecule has 10 nitrogen and oxygen atoms in total. The summed E-state index contributed by atoms with van der Waals surface area (Å²) in [4.78, 5) is 21.2. The highest BCUT2D eigenvalue weighted by Gasteiger charge is 2.25. The summed E-state index contributed by atoms with van der Waals surface area (Å²) < 4.78 is 1.64. The number of amides is 1. The molecule has 0 spiro atoms. The molecule has 35 heavy (non-hydrogen) atoms. The number of hydrogen-bond acceptors (Lipinski definition) is 8. The molecular weight excluding hydrogens is 439 g/mol. The van der Waals surface area contributed by atoms with Crippen LogP contribution in [0, 0.1) is 0 Å². The smallest absolute Gasteiger partial charge is 0.257 e. The molecule has 1 saturated heterocycles. The van der Waals surface area contributed by atoms with E-state index < -0.39 is 5.24 Å². The molecule has 1 aromatic carbocycles. The normalized spacial score (nSPS) is 14.8. The first kappa shape index (κ1) is 23.0. The van der Waals surface area contributed by atoms with Crippen molar-refractivity contribution in [1.29, 1.82) is 0 Å². The average molecular weight is 459 g/mol. The van der Waals surface area contributed by atoms with Gasteiger partial charge >= 0.3 is 0 Å². The van der Waals surface area contributed by atoms with E-state index in [1.165, 1.54) is 0 Å². The summed E-state index contributed by atoms with van der Waals surface area (Å²) >= 11 is 0. The van der Waals surface area contributed by atoms with Gasteiger partial charge in [0.2, 0.25) is 0 Å². The number of aryl methyl sites for hydroxylation is 1. The van der Waals surface area contributed by atoms with Crippen molar-refractivity contribution in [2.24, 2.45) is 7.05 Å². The number of fused-ring (bicyclic) bond motifs is 1. The predicted octanol–water partition coefficient (Wildman–Crippen LogP) is 0.311. The summed E-state index contributed by atoms with van der Waals surface area (Å²) in [5, 5.41) is 18.8. The van der Waals surface area contributed by atoms with E-state index in [1.807, 2.05) is 31.4 Å². The molecule has 0 bridgehead atoms. The molecule has 0 unspecified atom stereocenters. The van der Waals surface area contributed by atoms with E-state index in [-0.39, 0.29) is 5.91 Å². The number of rotatable bonds is 5. The molecule has 0 atom stereocenters. The number of carbonyl (C=O) groups excluding carboxylic acids is 1. The lowest BCUT2D eigenvalue weighted by Gasteiger charge is -2.43. The largest absolute Gasteiger partial charge is 0.354 e. The molecule has 1 N–H and O–H groups in total. The molecule has 4 heterocycles. The Hall–Kier alpha value is -3.73. The molecule has 1 fully saturated rings. The zero-order chi connectivity index (χ0) is 24.6. The Labute approximate surface area is 206 Å². The van der Waals surface area contributed by atoms with Gasteiger partial charge in [-0.25, -0.2) is 4.98 Å². The quantitative estimate of drug-likeness (QED) is 0.426. The highest BCUT2D eigenvalue weighted by Crippen LogP contribution is 2.23. The number of aromatic nitrogens is 6. The summed E-state index contributed by atoms with van der Waals surface area (Å²) in [6.07, 6.45) is 3.44. The zero-order valence-corrected chi connectivity index (χ0v) is 19.2. The lowest BCUT2D eigenvalue weighted by Crippen LogP contribution is -2.58. The van der Waals surface area contributed by atoms with Crippen LogP contribution in [-0.2, 0) is 7.05 Å². The van der Waals surface area contributed by atoms with Crippen LogP contribution in [0.3, 0.4) is 0 Å². The van der Waals surface area contributed by atoms with Gasteiger partial charge in [0, 0.05) is 55.9 Å². The molecule has 1 aliphatic rings. The second kappa shape index (κ2) is 9.14. The number of benzene rings is 1. The molecule has 0 aliphatic carbocycles. The van der Waals surface area contributed by atoms with Crippen molar-refractivity contribution in [3.8, 4) is 11.3 Å². The van der Waals surface area contributed by atoms with Crippen molar-refractivity contribution in [2.45, 2.75) is 5.24 Å². The molecule has 168 valence electrons. The van der Waals surface area contributed by atoms with E-state index in [1.54, 1.807) is 34.0 Å². The van der Waals surface area contributed by atoms with Gasteiger partial charge in [-0.2, -0.15) is 0 Å². The number of piperazine rings is 1. The highest BCUT2D eigenvalue weighted by atomic mass is 16.1. The maximum Gasteiger partial charge on any atom is 0.257 e. The van der Waals surface area contributed by atoms with Gasteiger partial charge in [0.15, 0.2) is 5.82 Å². The summed E-state index contributed by atoms with van der Waals surface area (Å²) in [7, 11) is 19.2. The van der Waals surface area contributed by atoms with Crippen molar-refractivity contribution in [3.05, 3.63) is 54.4 Å². The second-order valence-electron chi connectivity index (χ2n) is 8.50. The molecular formula is C22H20B3N9O. The van der Waals surface area contributed by atoms with Gasteiger partial charge in [0.05, 0.1) is 35.3 Å². The van der Waals surface area contributed by atoms with Crippen LogP contribution in [0.4, 0.5) is 11.6 Å². The first-order valence-corrected chi connectivity index (χ1v) is 11.0. The molecule has 13 heteroatoms. The van der Waals surface area contributed by atoms with Gasteiger partial charge in [-0.05, 0) is 30.3 Å². The summed E-state index contributed by atoms with van der Waals surface area (Å²) in [5.41, 5.74) is 2.80. The minimum absolute atomic E-state index is 0.309. The van der Waals surface area contributed by atoms with E-state index in [0.29, 0.717) is 48.9 Å². The monoisotopic (exact) mass is 459 g/mol. The summed E-state index contributed by atoms with van der Waals surface area (Å²) in [5.74, 6) is 0.721. The van der Waals surface area contributed by atoms with Gasteiger partial charge < -0.3 is 15.1 Å². The minimum atomic E-state index is -1.35. The van der Waals surface area contributed by atoms with Crippen LogP contribution < -0.4 is 10.2 Å². The molecule has 6 radical (unpaired) electrons. The summed E-state index contributed by atoms with van der Waals surface area (Å²) in [6, 6.07) is 10.9. The van der Waals surface area contributed by atoms with Gasteiger partial charge in [-0.15, -0.1) is 15.3 Å². The van der Waals surface area contributed by atoms with Gasteiger partial charge in [0.25, 0.3) is 5.91 Å². The Bertz CT molecular complexity index is 1380. The van der Waals surface area contributed by atoms with Crippen molar-refractivity contribution in [1.82, 2.24) is 35.1 Å². The fraction of sp³-hybridized carbons (Fsp3) is 0.273. The third kappa shape index (κ3) is 5.04. The summed E-state index contributed by atoms with van der Waals surface area (Å²) in [6.45, 7) is 2.45. The maximum absolute atomic E-state index is 13.0. The highest BCUT2D eigenvalue weighted by molar-refractivity contribution is 6.59. The Balaban J connectivity index is 1.31. The van der Waals surface area contributed by atoms with Crippen LogP contribution in [0.5, 0.6) is 0 Å². The molecule has 1 aliphatic heterocycles. The molecule has 0 saturated carbocycles. The number of carbonyl (C=O) groups is 1.